The van der Waals surface area contributed by atoms with Gasteiger partial charge >= 0.3 is 0 Å². The highest BCUT2D eigenvalue weighted by molar-refractivity contribution is 5.04. The van der Waals surface area contributed by atoms with Crippen LogP contribution in [0.15, 0.2) is 12.3 Å². The summed E-state index contributed by atoms with van der Waals surface area (Å²) in [6, 6.07) is 2.18. The van der Waals surface area contributed by atoms with E-state index in [0.29, 0.717) is 5.41 Å². The van der Waals surface area contributed by atoms with Crippen LogP contribution in [0.2, 0.25) is 0 Å². The van der Waals surface area contributed by atoms with E-state index < -0.39 is 0 Å². The van der Waals surface area contributed by atoms with Gasteiger partial charge < -0.3 is 0 Å². The Balaban J connectivity index is 1.93. The van der Waals surface area contributed by atoms with Crippen LogP contribution >= 0.6 is 0 Å². The zero-order valence-corrected chi connectivity index (χ0v) is 10.2. The van der Waals surface area contributed by atoms with E-state index in [1.807, 2.05) is 6.20 Å². The van der Waals surface area contributed by atoms with Gasteiger partial charge in [-0.3, -0.25) is 9.58 Å². The van der Waals surface area contributed by atoms with Gasteiger partial charge in [0.2, 0.25) is 0 Å². The molecule has 1 aromatic rings. The van der Waals surface area contributed by atoms with Gasteiger partial charge in [0.15, 0.2) is 0 Å². The van der Waals surface area contributed by atoms with Crippen molar-refractivity contribution in [2.45, 2.75) is 45.7 Å². The maximum Gasteiger partial charge on any atom is 0.0524 e. The largest absolute Gasteiger partial charge is 0.297 e. The van der Waals surface area contributed by atoms with Crippen LogP contribution in [0.25, 0.3) is 0 Å². The van der Waals surface area contributed by atoms with Crippen LogP contribution in [0.5, 0.6) is 0 Å². The second kappa shape index (κ2) is 3.88. The Morgan fingerprint density at radius 1 is 1.31 bits per heavy atom. The minimum absolute atomic E-state index is 0.521. The minimum atomic E-state index is 0.521. The molecular formula is C13H21N3. The molecule has 0 unspecified atom stereocenters. The number of fused-ring (bicyclic) bond motifs is 1. The van der Waals surface area contributed by atoms with E-state index in [2.05, 4.69) is 27.7 Å². The number of aromatic nitrogens is 2. The van der Waals surface area contributed by atoms with Gasteiger partial charge in [-0.2, -0.15) is 5.10 Å². The third-order valence-electron chi connectivity index (χ3n) is 4.35. The van der Waals surface area contributed by atoms with E-state index >= 15 is 0 Å². The predicted octanol–water partition coefficient (Wildman–Crippen LogP) is 2.28. The molecule has 3 nitrogen and oxygen atoms in total. The quantitative estimate of drug-likeness (QED) is 0.722. The molecule has 1 spiro atoms. The first-order chi connectivity index (χ1) is 7.81. The fourth-order valence-electron chi connectivity index (χ4n) is 3.43. The van der Waals surface area contributed by atoms with Crippen molar-refractivity contribution in [1.29, 1.82) is 0 Å². The zero-order chi connectivity index (χ0) is 11.0. The number of rotatable bonds is 1. The molecular weight excluding hydrogens is 198 g/mol. The summed E-state index contributed by atoms with van der Waals surface area (Å²) in [5, 5.41) is 4.49. The second-order valence-corrected chi connectivity index (χ2v) is 5.49. The lowest BCUT2D eigenvalue weighted by Crippen LogP contribution is -2.35. The first kappa shape index (κ1) is 10.3. The minimum Gasteiger partial charge on any atom is -0.297 e. The van der Waals surface area contributed by atoms with Crippen LogP contribution in [0, 0.1) is 5.41 Å². The van der Waals surface area contributed by atoms with Crippen molar-refractivity contribution >= 4 is 0 Å². The molecule has 0 saturated heterocycles. The summed E-state index contributed by atoms with van der Waals surface area (Å²) in [5.41, 5.74) is 1.92. The molecule has 0 amide bonds. The van der Waals surface area contributed by atoms with E-state index in [4.69, 9.17) is 0 Å². The van der Waals surface area contributed by atoms with Gasteiger partial charge in [-0.15, -0.1) is 0 Å². The summed E-state index contributed by atoms with van der Waals surface area (Å²) in [6.07, 6.45) is 7.56. The molecule has 2 aliphatic rings. The molecule has 3 rings (SSSR count). The third-order valence-corrected chi connectivity index (χ3v) is 4.35. The van der Waals surface area contributed by atoms with Gasteiger partial charge in [-0.1, -0.05) is 19.8 Å². The molecule has 2 heterocycles. The Bertz CT molecular complexity index is 363. The van der Waals surface area contributed by atoms with Crippen LogP contribution in [0.4, 0.5) is 0 Å². The van der Waals surface area contributed by atoms with Crippen LogP contribution < -0.4 is 0 Å². The van der Waals surface area contributed by atoms with E-state index in [9.17, 15) is 0 Å². The average Bonchev–Trinajstić information content (AvgIpc) is 2.86. The Morgan fingerprint density at radius 3 is 2.88 bits per heavy atom. The first-order valence-corrected chi connectivity index (χ1v) is 6.54. The maximum absolute atomic E-state index is 4.49. The van der Waals surface area contributed by atoms with Crippen molar-refractivity contribution in [2.24, 2.45) is 5.41 Å². The maximum atomic E-state index is 4.49. The molecule has 0 aromatic carbocycles. The number of hydrogen-bond donors (Lipinski definition) is 0. The lowest BCUT2D eigenvalue weighted by molar-refractivity contribution is 0.149. The van der Waals surface area contributed by atoms with Crippen LogP contribution in [0.1, 0.15) is 38.3 Å². The van der Waals surface area contributed by atoms with Crippen molar-refractivity contribution in [1.82, 2.24) is 14.7 Å². The molecule has 0 N–H and O–H groups in total. The Hall–Kier alpha value is -0.830. The standard InChI is InChI=1S/C13H21N3/c1-2-15-9-12-5-8-14-16(12)11-13(10-15)6-3-4-7-13/h5,8H,2-4,6-7,9-11H2,1H3. The average molecular weight is 219 g/mol. The molecule has 1 saturated carbocycles. The van der Waals surface area contributed by atoms with E-state index in [1.165, 1.54) is 37.9 Å². The van der Waals surface area contributed by atoms with Gasteiger partial charge in [0.05, 0.1) is 5.69 Å². The van der Waals surface area contributed by atoms with Gasteiger partial charge in [-0.05, 0) is 25.5 Å². The lowest BCUT2D eigenvalue weighted by Gasteiger charge is -2.31. The van der Waals surface area contributed by atoms with E-state index in [-0.39, 0.29) is 0 Å². The van der Waals surface area contributed by atoms with Crippen molar-refractivity contribution in [3.05, 3.63) is 18.0 Å². The highest BCUT2D eigenvalue weighted by atomic mass is 15.3. The second-order valence-electron chi connectivity index (χ2n) is 5.49. The van der Waals surface area contributed by atoms with Crippen molar-refractivity contribution < 1.29 is 0 Å². The van der Waals surface area contributed by atoms with Crippen molar-refractivity contribution in [2.75, 3.05) is 13.1 Å². The Kier molecular flexibility index (Phi) is 2.51. The number of hydrogen-bond acceptors (Lipinski definition) is 2. The highest BCUT2D eigenvalue weighted by Gasteiger charge is 2.38. The summed E-state index contributed by atoms with van der Waals surface area (Å²) >= 11 is 0. The summed E-state index contributed by atoms with van der Waals surface area (Å²) < 4.78 is 2.25. The van der Waals surface area contributed by atoms with E-state index in [1.54, 1.807) is 0 Å². The number of nitrogens with zero attached hydrogens (tertiary/aromatic N) is 3. The van der Waals surface area contributed by atoms with Crippen LogP contribution in [0.3, 0.4) is 0 Å². The normalized spacial score (nSPS) is 24.6. The summed E-state index contributed by atoms with van der Waals surface area (Å²) in [7, 11) is 0. The fraction of sp³-hybridized carbons (Fsp3) is 0.769. The fourth-order valence-corrected chi connectivity index (χ4v) is 3.43. The molecule has 3 heteroatoms. The molecule has 0 atom stereocenters. The summed E-state index contributed by atoms with van der Waals surface area (Å²) in [5.74, 6) is 0. The smallest absolute Gasteiger partial charge is 0.0524 e. The molecule has 0 radical (unpaired) electrons. The summed E-state index contributed by atoms with van der Waals surface area (Å²) in [4.78, 5) is 2.59. The molecule has 1 aliphatic carbocycles. The molecule has 0 bridgehead atoms. The van der Waals surface area contributed by atoms with Gasteiger partial charge in [-0.25, -0.2) is 0 Å². The Morgan fingerprint density at radius 2 is 2.12 bits per heavy atom. The van der Waals surface area contributed by atoms with Crippen LogP contribution in [-0.2, 0) is 13.1 Å². The molecule has 1 fully saturated rings. The van der Waals surface area contributed by atoms with Crippen molar-refractivity contribution in [3.8, 4) is 0 Å². The zero-order valence-electron chi connectivity index (χ0n) is 10.2. The topological polar surface area (TPSA) is 21.1 Å². The van der Waals surface area contributed by atoms with Crippen LogP contribution in [-0.4, -0.2) is 27.8 Å². The van der Waals surface area contributed by atoms with Gasteiger partial charge in [0.1, 0.15) is 0 Å². The molecule has 16 heavy (non-hydrogen) atoms. The summed E-state index contributed by atoms with van der Waals surface area (Å²) in [6.45, 7) is 6.93. The molecule has 1 aromatic heterocycles. The van der Waals surface area contributed by atoms with Gasteiger partial charge in [0.25, 0.3) is 0 Å². The SMILES string of the molecule is CCN1Cc2ccnn2CC2(CCCC2)C1. The van der Waals surface area contributed by atoms with E-state index in [0.717, 1.165) is 19.6 Å². The molecule has 1 aliphatic heterocycles. The predicted molar refractivity (Wildman–Crippen MR) is 64.1 cm³/mol. The lowest BCUT2D eigenvalue weighted by atomic mass is 9.86. The first-order valence-electron chi connectivity index (χ1n) is 6.54. The Labute approximate surface area is 97.4 Å². The molecule has 88 valence electrons. The third kappa shape index (κ3) is 1.67. The highest BCUT2D eigenvalue weighted by Crippen LogP contribution is 2.41. The van der Waals surface area contributed by atoms with Crippen molar-refractivity contribution in [3.63, 3.8) is 0 Å². The monoisotopic (exact) mass is 219 g/mol. The van der Waals surface area contributed by atoms with Gasteiger partial charge in [0, 0.05) is 31.2 Å².